The molecule has 0 aliphatic heterocycles. The molecular formula is C18H20N2O3. The van der Waals surface area contributed by atoms with E-state index < -0.39 is 0 Å². The summed E-state index contributed by atoms with van der Waals surface area (Å²) in [5, 5.41) is 4.00. The molecule has 23 heavy (non-hydrogen) atoms. The van der Waals surface area contributed by atoms with Crippen molar-refractivity contribution in [2.24, 2.45) is 5.10 Å². The molecule has 0 saturated heterocycles. The number of carbonyl (C=O) groups excluding carboxylic acids is 1. The fraction of sp³-hybridized carbons (Fsp3) is 0.222. The Hall–Kier alpha value is -2.82. The van der Waals surface area contributed by atoms with Crippen molar-refractivity contribution in [3.8, 4) is 11.5 Å². The van der Waals surface area contributed by atoms with Crippen molar-refractivity contribution < 1.29 is 14.3 Å². The minimum Gasteiger partial charge on any atom is -0.497 e. The first-order chi connectivity index (χ1) is 11.0. The van der Waals surface area contributed by atoms with Gasteiger partial charge in [0.1, 0.15) is 11.5 Å². The van der Waals surface area contributed by atoms with Gasteiger partial charge in [-0.1, -0.05) is 17.2 Å². The lowest BCUT2D eigenvalue weighted by atomic mass is 10.1. The Kier molecular flexibility index (Phi) is 5.36. The summed E-state index contributed by atoms with van der Waals surface area (Å²) in [7, 11) is 3.16. The van der Waals surface area contributed by atoms with Crippen LogP contribution in [0.4, 0.5) is 0 Å². The Bertz CT molecular complexity index is 719. The van der Waals surface area contributed by atoms with Crippen molar-refractivity contribution >= 4 is 12.1 Å². The fourth-order valence-electron chi connectivity index (χ4n) is 2.27. The smallest absolute Gasteiger partial charge is 0.271 e. The first-order valence-electron chi connectivity index (χ1n) is 7.17. The molecular weight excluding hydrogens is 292 g/mol. The average Bonchev–Trinajstić information content (AvgIpc) is 2.53. The fourth-order valence-corrected chi connectivity index (χ4v) is 2.27. The number of benzene rings is 2. The number of rotatable bonds is 5. The number of hydrogen-bond donors (Lipinski definition) is 1. The van der Waals surface area contributed by atoms with Crippen molar-refractivity contribution in [3.05, 3.63) is 58.7 Å². The quantitative estimate of drug-likeness (QED) is 0.682. The Morgan fingerprint density at radius 2 is 1.74 bits per heavy atom. The van der Waals surface area contributed by atoms with Crippen LogP contribution in [0.2, 0.25) is 0 Å². The average molecular weight is 312 g/mol. The molecule has 0 aliphatic rings. The van der Waals surface area contributed by atoms with E-state index >= 15 is 0 Å². The van der Waals surface area contributed by atoms with Crippen LogP contribution >= 0.6 is 0 Å². The summed E-state index contributed by atoms with van der Waals surface area (Å²) in [6, 6.07) is 11.0. The second-order valence-corrected chi connectivity index (χ2v) is 5.18. The van der Waals surface area contributed by atoms with Crippen LogP contribution in [-0.2, 0) is 0 Å². The Balaban J connectivity index is 2.13. The molecule has 2 aromatic carbocycles. The minimum atomic E-state index is -0.255. The highest BCUT2D eigenvalue weighted by Crippen LogP contribution is 2.22. The molecule has 5 nitrogen and oxygen atoms in total. The molecule has 0 bridgehead atoms. The summed E-state index contributed by atoms with van der Waals surface area (Å²) in [4.78, 5) is 12.1. The first kappa shape index (κ1) is 16.5. The number of hydrazone groups is 1. The number of nitrogens with zero attached hydrogens (tertiary/aromatic N) is 1. The van der Waals surface area contributed by atoms with Gasteiger partial charge in [0.05, 0.1) is 20.4 Å². The summed E-state index contributed by atoms with van der Waals surface area (Å²) in [6.07, 6.45) is 1.53. The molecule has 2 aromatic rings. The molecule has 0 heterocycles. The van der Waals surface area contributed by atoms with E-state index in [0.717, 1.165) is 11.1 Å². The third-order valence-electron chi connectivity index (χ3n) is 3.29. The predicted octanol–water partition coefficient (Wildman–Crippen LogP) is 3.08. The SMILES string of the molecule is COc1ccc(OC)c(/C=N/NC(=O)c2cc(C)cc(C)c2)c1. The predicted molar refractivity (Wildman–Crippen MR) is 90.5 cm³/mol. The largest absolute Gasteiger partial charge is 0.497 e. The molecule has 0 unspecified atom stereocenters. The second-order valence-electron chi connectivity index (χ2n) is 5.18. The Morgan fingerprint density at radius 3 is 2.35 bits per heavy atom. The van der Waals surface area contributed by atoms with E-state index in [4.69, 9.17) is 9.47 Å². The van der Waals surface area contributed by atoms with E-state index in [2.05, 4.69) is 10.5 Å². The van der Waals surface area contributed by atoms with E-state index in [1.807, 2.05) is 32.0 Å². The zero-order valence-electron chi connectivity index (χ0n) is 13.7. The van der Waals surface area contributed by atoms with Crippen LogP contribution in [0, 0.1) is 13.8 Å². The molecule has 0 fully saturated rings. The van der Waals surface area contributed by atoms with Gasteiger partial charge < -0.3 is 9.47 Å². The summed E-state index contributed by atoms with van der Waals surface area (Å²) in [5.41, 5.74) is 5.89. The summed E-state index contributed by atoms with van der Waals surface area (Å²) in [5.74, 6) is 1.08. The van der Waals surface area contributed by atoms with Gasteiger partial charge in [-0.05, 0) is 44.2 Å². The van der Waals surface area contributed by atoms with Crippen LogP contribution < -0.4 is 14.9 Å². The third kappa shape index (κ3) is 4.32. The maximum Gasteiger partial charge on any atom is 0.271 e. The van der Waals surface area contributed by atoms with Crippen molar-refractivity contribution in [1.29, 1.82) is 0 Å². The number of amides is 1. The highest BCUT2D eigenvalue weighted by Gasteiger charge is 2.06. The molecule has 0 aliphatic carbocycles. The molecule has 1 N–H and O–H groups in total. The molecule has 0 radical (unpaired) electrons. The van der Waals surface area contributed by atoms with E-state index in [-0.39, 0.29) is 5.91 Å². The van der Waals surface area contributed by atoms with Crippen LogP contribution in [0.3, 0.4) is 0 Å². The van der Waals surface area contributed by atoms with E-state index in [1.54, 1.807) is 32.4 Å². The van der Waals surface area contributed by atoms with Gasteiger partial charge in [0, 0.05) is 11.1 Å². The van der Waals surface area contributed by atoms with Gasteiger partial charge in [0.25, 0.3) is 5.91 Å². The van der Waals surface area contributed by atoms with Crippen LogP contribution in [0.25, 0.3) is 0 Å². The van der Waals surface area contributed by atoms with Crippen molar-refractivity contribution in [2.75, 3.05) is 14.2 Å². The highest BCUT2D eigenvalue weighted by molar-refractivity contribution is 5.95. The number of ether oxygens (including phenoxy) is 2. The van der Waals surface area contributed by atoms with Gasteiger partial charge in [-0.3, -0.25) is 4.79 Å². The maximum atomic E-state index is 12.1. The van der Waals surface area contributed by atoms with Crippen molar-refractivity contribution in [2.45, 2.75) is 13.8 Å². The molecule has 0 aromatic heterocycles. The topological polar surface area (TPSA) is 59.9 Å². The highest BCUT2D eigenvalue weighted by atomic mass is 16.5. The van der Waals surface area contributed by atoms with Crippen LogP contribution in [0.5, 0.6) is 11.5 Å². The molecule has 0 spiro atoms. The lowest BCUT2D eigenvalue weighted by Gasteiger charge is -2.07. The van der Waals surface area contributed by atoms with E-state index in [0.29, 0.717) is 22.6 Å². The van der Waals surface area contributed by atoms with Gasteiger partial charge in [-0.2, -0.15) is 5.10 Å². The van der Waals surface area contributed by atoms with Crippen LogP contribution in [0.1, 0.15) is 27.0 Å². The number of carbonyl (C=O) groups is 1. The zero-order chi connectivity index (χ0) is 16.8. The lowest BCUT2D eigenvalue weighted by Crippen LogP contribution is -2.18. The summed E-state index contributed by atoms with van der Waals surface area (Å²) in [6.45, 7) is 3.91. The number of methoxy groups -OCH3 is 2. The Morgan fingerprint density at radius 1 is 1.04 bits per heavy atom. The van der Waals surface area contributed by atoms with E-state index in [9.17, 15) is 4.79 Å². The zero-order valence-corrected chi connectivity index (χ0v) is 13.7. The standard InChI is InChI=1S/C18H20N2O3/c1-12-7-13(2)9-14(8-12)18(21)20-19-11-15-10-16(22-3)5-6-17(15)23-4/h5-11H,1-4H3,(H,20,21)/b19-11+. The molecule has 5 heteroatoms. The van der Waals surface area contributed by atoms with Gasteiger partial charge in [-0.15, -0.1) is 0 Å². The number of hydrogen-bond acceptors (Lipinski definition) is 4. The van der Waals surface area contributed by atoms with Crippen molar-refractivity contribution in [3.63, 3.8) is 0 Å². The van der Waals surface area contributed by atoms with Gasteiger partial charge in [0.15, 0.2) is 0 Å². The van der Waals surface area contributed by atoms with E-state index in [1.165, 1.54) is 6.21 Å². The first-order valence-corrected chi connectivity index (χ1v) is 7.17. The van der Waals surface area contributed by atoms with Crippen molar-refractivity contribution in [1.82, 2.24) is 5.43 Å². The molecule has 120 valence electrons. The Labute approximate surface area is 135 Å². The minimum absolute atomic E-state index is 0.255. The van der Waals surface area contributed by atoms with Crippen LogP contribution in [0.15, 0.2) is 41.5 Å². The number of nitrogens with one attached hydrogen (secondary N) is 1. The maximum absolute atomic E-state index is 12.1. The molecule has 0 atom stereocenters. The monoisotopic (exact) mass is 312 g/mol. The second kappa shape index (κ2) is 7.45. The lowest BCUT2D eigenvalue weighted by molar-refractivity contribution is 0.0955. The van der Waals surface area contributed by atoms with Gasteiger partial charge in [-0.25, -0.2) is 5.43 Å². The molecule has 0 saturated carbocycles. The molecule has 1 amide bonds. The van der Waals surface area contributed by atoms with Crippen LogP contribution in [-0.4, -0.2) is 26.3 Å². The summed E-state index contributed by atoms with van der Waals surface area (Å²) < 4.78 is 10.4. The number of aryl methyl sites for hydroxylation is 2. The third-order valence-corrected chi connectivity index (χ3v) is 3.29. The van der Waals surface area contributed by atoms with Gasteiger partial charge >= 0.3 is 0 Å². The van der Waals surface area contributed by atoms with Gasteiger partial charge in [0.2, 0.25) is 0 Å². The normalized spacial score (nSPS) is 10.6. The summed E-state index contributed by atoms with van der Waals surface area (Å²) >= 11 is 0. The molecule has 2 rings (SSSR count).